The number of fused-ring (bicyclic) bond motifs is 1. The van der Waals surface area contributed by atoms with Crippen LogP contribution in [0.4, 0.5) is 0 Å². The molecule has 8 heteroatoms. The lowest BCUT2D eigenvalue weighted by atomic mass is 10.0. The number of carbonyl (C=O) groups excluding carboxylic acids is 2. The molecule has 8 nitrogen and oxygen atoms in total. The molecule has 5 rings (SSSR count). The predicted molar refractivity (Wildman–Crippen MR) is 117 cm³/mol. The SMILES string of the molecule is CC(C)OC1CN(C2CCCC2Oc2ccc3c(c2)CN(C2CCC(=O)NC2=O)C3O)C1. The van der Waals surface area contributed by atoms with Crippen molar-refractivity contribution in [3.63, 3.8) is 0 Å². The number of ether oxygens (including phenoxy) is 2. The van der Waals surface area contributed by atoms with Crippen molar-refractivity contribution in [3.8, 4) is 5.75 Å². The molecule has 0 radical (unpaired) electrons. The van der Waals surface area contributed by atoms with Gasteiger partial charge >= 0.3 is 0 Å². The molecule has 2 saturated heterocycles. The molecule has 1 aromatic rings. The molecule has 4 aliphatic rings. The Morgan fingerprint density at radius 2 is 1.97 bits per heavy atom. The Morgan fingerprint density at radius 3 is 2.72 bits per heavy atom. The van der Waals surface area contributed by atoms with Gasteiger partial charge < -0.3 is 14.6 Å². The lowest BCUT2D eigenvalue weighted by molar-refractivity contribution is -0.141. The minimum atomic E-state index is -0.846. The van der Waals surface area contributed by atoms with Crippen LogP contribution in [-0.4, -0.2) is 70.2 Å². The number of likely N-dealkylation sites (tertiary alicyclic amines) is 1. The van der Waals surface area contributed by atoms with E-state index in [0.717, 1.165) is 49.2 Å². The molecule has 4 unspecified atom stereocenters. The molecular formula is C24H33N3O5. The zero-order valence-corrected chi connectivity index (χ0v) is 18.8. The van der Waals surface area contributed by atoms with Gasteiger partial charge in [0.25, 0.3) is 0 Å². The van der Waals surface area contributed by atoms with E-state index in [0.29, 0.717) is 31.5 Å². The second-order valence-corrected chi connectivity index (χ2v) is 9.79. The van der Waals surface area contributed by atoms with Gasteiger partial charge in [0.1, 0.15) is 18.1 Å². The molecule has 2 amide bonds. The highest BCUT2D eigenvalue weighted by atomic mass is 16.5. The first-order valence-electron chi connectivity index (χ1n) is 11.9. The van der Waals surface area contributed by atoms with Crippen LogP contribution in [-0.2, 0) is 20.9 Å². The minimum Gasteiger partial charge on any atom is -0.489 e. The molecule has 4 atom stereocenters. The molecule has 0 aromatic heterocycles. The highest BCUT2D eigenvalue weighted by Gasteiger charge is 2.42. The molecule has 174 valence electrons. The van der Waals surface area contributed by atoms with Crippen LogP contribution >= 0.6 is 0 Å². The summed E-state index contributed by atoms with van der Waals surface area (Å²) in [6.45, 7) is 6.57. The molecule has 1 aliphatic carbocycles. The molecule has 0 bridgehead atoms. The number of rotatable bonds is 6. The third-order valence-corrected chi connectivity index (χ3v) is 7.19. The maximum Gasteiger partial charge on any atom is 0.244 e. The third-order valence-electron chi connectivity index (χ3n) is 7.19. The van der Waals surface area contributed by atoms with Crippen molar-refractivity contribution in [1.29, 1.82) is 0 Å². The van der Waals surface area contributed by atoms with Crippen LogP contribution in [0, 0.1) is 0 Å². The van der Waals surface area contributed by atoms with Gasteiger partial charge in [0.2, 0.25) is 11.8 Å². The number of hydrogen-bond acceptors (Lipinski definition) is 7. The van der Waals surface area contributed by atoms with Gasteiger partial charge in [-0.1, -0.05) is 6.07 Å². The first-order chi connectivity index (χ1) is 15.4. The van der Waals surface area contributed by atoms with E-state index in [-0.39, 0.29) is 24.0 Å². The van der Waals surface area contributed by atoms with Crippen molar-refractivity contribution in [3.05, 3.63) is 29.3 Å². The van der Waals surface area contributed by atoms with E-state index >= 15 is 0 Å². The number of aliphatic hydroxyl groups is 1. The van der Waals surface area contributed by atoms with Crippen molar-refractivity contribution in [2.24, 2.45) is 0 Å². The molecule has 3 aliphatic heterocycles. The van der Waals surface area contributed by atoms with E-state index in [9.17, 15) is 14.7 Å². The Balaban J connectivity index is 1.22. The zero-order valence-electron chi connectivity index (χ0n) is 18.8. The van der Waals surface area contributed by atoms with Gasteiger partial charge in [-0.3, -0.25) is 24.7 Å². The largest absolute Gasteiger partial charge is 0.489 e. The second kappa shape index (κ2) is 8.74. The Kier molecular flexibility index (Phi) is 5.96. The third kappa shape index (κ3) is 4.17. The maximum atomic E-state index is 12.3. The minimum absolute atomic E-state index is 0.158. The average molecular weight is 444 g/mol. The van der Waals surface area contributed by atoms with E-state index in [1.54, 1.807) is 4.90 Å². The first kappa shape index (κ1) is 21.8. The molecule has 1 aromatic carbocycles. The van der Waals surface area contributed by atoms with Gasteiger partial charge in [0, 0.05) is 37.7 Å². The molecule has 0 spiro atoms. The topological polar surface area (TPSA) is 91.3 Å². The lowest BCUT2D eigenvalue weighted by Gasteiger charge is -2.45. The van der Waals surface area contributed by atoms with E-state index < -0.39 is 12.3 Å². The Morgan fingerprint density at radius 1 is 1.16 bits per heavy atom. The van der Waals surface area contributed by atoms with Crippen LogP contribution in [0.2, 0.25) is 0 Å². The van der Waals surface area contributed by atoms with E-state index in [2.05, 4.69) is 24.1 Å². The van der Waals surface area contributed by atoms with Gasteiger partial charge in [-0.05, 0) is 57.2 Å². The van der Waals surface area contributed by atoms with Crippen molar-refractivity contribution >= 4 is 11.8 Å². The van der Waals surface area contributed by atoms with Crippen LogP contribution in [0.25, 0.3) is 0 Å². The fourth-order valence-corrected chi connectivity index (χ4v) is 5.63. The van der Waals surface area contributed by atoms with Gasteiger partial charge in [-0.25, -0.2) is 0 Å². The van der Waals surface area contributed by atoms with Crippen molar-refractivity contribution in [1.82, 2.24) is 15.1 Å². The summed E-state index contributed by atoms with van der Waals surface area (Å²) in [6.07, 6.45) is 3.98. The normalized spacial score (nSPS) is 31.6. The Hall–Kier alpha value is -2.00. The number of hydrogen-bond donors (Lipinski definition) is 2. The van der Waals surface area contributed by atoms with E-state index in [1.165, 1.54) is 0 Å². The molecule has 3 heterocycles. The first-order valence-corrected chi connectivity index (χ1v) is 11.9. The summed E-state index contributed by atoms with van der Waals surface area (Å²) in [6, 6.07) is 5.75. The van der Waals surface area contributed by atoms with E-state index in [4.69, 9.17) is 9.47 Å². The molecule has 32 heavy (non-hydrogen) atoms. The Bertz CT molecular complexity index is 884. The van der Waals surface area contributed by atoms with Gasteiger partial charge in [-0.15, -0.1) is 0 Å². The number of amides is 2. The fraction of sp³-hybridized carbons (Fsp3) is 0.667. The predicted octanol–water partition coefficient (Wildman–Crippen LogP) is 1.71. The van der Waals surface area contributed by atoms with E-state index in [1.807, 2.05) is 18.2 Å². The number of aliphatic hydroxyl groups excluding tert-OH is 1. The summed E-state index contributed by atoms with van der Waals surface area (Å²) in [5, 5.41) is 13.2. The summed E-state index contributed by atoms with van der Waals surface area (Å²) >= 11 is 0. The van der Waals surface area contributed by atoms with Crippen LogP contribution in [0.5, 0.6) is 5.75 Å². The quantitative estimate of drug-likeness (QED) is 0.647. The Labute approximate surface area is 188 Å². The molecule has 3 fully saturated rings. The van der Waals surface area contributed by atoms with Crippen LogP contribution in [0.1, 0.15) is 63.3 Å². The highest BCUT2D eigenvalue weighted by Crippen LogP contribution is 2.38. The number of carbonyl (C=O) groups is 2. The van der Waals surface area contributed by atoms with Crippen LogP contribution in [0.3, 0.4) is 0 Å². The van der Waals surface area contributed by atoms with Crippen molar-refractivity contribution < 1.29 is 24.2 Å². The summed E-state index contributed by atoms with van der Waals surface area (Å²) in [7, 11) is 0. The number of nitrogens with one attached hydrogen (secondary N) is 1. The standard InChI is InChI=1S/C24H33N3O5/c1-14(2)31-17-12-26(13-17)19-4-3-5-21(19)32-16-6-7-18-15(10-16)11-27(24(18)30)20-8-9-22(28)25-23(20)29/h6-7,10,14,17,19-21,24,30H,3-5,8-9,11-13H2,1-2H3,(H,25,28,29). The van der Waals surface area contributed by atoms with Crippen molar-refractivity contribution in [2.75, 3.05) is 13.1 Å². The average Bonchev–Trinajstić information content (AvgIpc) is 3.28. The maximum absolute atomic E-state index is 12.3. The van der Waals surface area contributed by atoms with Crippen molar-refractivity contribution in [2.45, 2.75) is 89.1 Å². The fourth-order valence-electron chi connectivity index (χ4n) is 5.63. The number of nitrogens with zero attached hydrogens (tertiary/aromatic N) is 2. The van der Waals surface area contributed by atoms with Gasteiger partial charge in [0.05, 0.1) is 18.2 Å². The molecular weight excluding hydrogens is 410 g/mol. The number of benzene rings is 1. The summed E-state index contributed by atoms with van der Waals surface area (Å²) in [5.74, 6) is 0.240. The summed E-state index contributed by atoms with van der Waals surface area (Å²) in [5.41, 5.74) is 1.78. The molecule has 2 N–H and O–H groups in total. The lowest BCUT2D eigenvalue weighted by Crippen LogP contribution is -2.59. The number of imide groups is 1. The van der Waals surface area contributed by atoms with Crippen LogP contribution < -0.4 is 10.1 Å². The zero-order chi connectivity index (χ0) is 22.4. The highest BCUT2D eigenvalue weighted by molar-refractivity contribution is 6.00. The molecule has 1 saturated carbocycles. The van der Waals surface area contributed by atoms with Crippen LogP contribution in [0.15, 0.2) is 18.2 Å². The summed E-state index contributed by atoms with van der Waals surface area (Å²) < 4.78 is 12.3. The monoisotopic (exact) mass is 443 g/mol. The number of piperidine rings is 1. The second-order valence-electron chi connectivity index (χ2n) is 9.79. The summed E-state index contributed by atoms with van der Waals surface area (Å²) in [4.78, 5) is 28.0. The van der Waals surface area contributed by atoms with Gasteiger partial charge in [-0.2, -0.15) is 0 Å². The van der Waals surface area contributed by atoms with Gasteiger partial charge in [0.15, 0.2) is 0 Å². The smallest absolute Gasteiger partial charge is 0.244 e.